The van der Waals surface area contributed by atoms with Crippen molar-refractivity contribution < 1.29 is 14.4 Å². The van der Waals surface area contributed by atoms with Crippen LogP contribution in [0.5, 0.6) is 0 Å². The van der Waals surface area contributed by atoms with Gasteiger partial charge in [-0.05, 0) is 62.0 Å². The molecule has 0 spiro atoms. The van der Waals surface area contributed by atoms with Crippen LogP contribution in [-0.4, -0.2) is 17.3 Å². The lowest BCUT2D eigenvalue weighted by molar-refractivity contribution is -0.145. The van der Waals surface area contributed by atoms with Crippen LogP contribution in [0.2, 0.25) is 0 Å². The average Bonchev–Trinajstić information content (AvgIpc) is 3.40. The Morgan fingerprint density at radius 2 is 1.31 bits per heavy atom. The standard InChI is InChI=1S/C32H40O3/c1-4-31(2,3)30(35)29(34)27-17-11-16-26(27)28(33)22-23-18-20-32(21-19-23,24-12-7-5-8-13-24)25-14-9-6-10-15-25/h5-10,12-15,23,26-27H,4,11,16-22H2,1-3H3. The average molecular weight is 473 g/mol. The van der Waals surface area contributed by atoms with Gasteiger partial charge in [0.05, 0.1) is 0 Å². The first-order valence-corrected chi connectivity index (χ1v) is 13.5. The van der Waals surface area contributed by atoms with Crippen molar-refractivity contribution in [3.05, 3.63) is 71.8 Å². The van der Waals surface area contributed by atoms with Gasteiger partial charge >= 0.3 is 0 Å². The third-order valence-electron chi connectivity index (χ3n) is 9.09. The van der Waals surface area contributed by atoms with E-state index in [9.17, 15) is 14.4 Å². The molecule has 2 saturated carbocycles. The van der Waals surface area contributed by atoms with E-state index in [-0.39, 0.29) is 28.7 Å². The Morgan fingerprint density at radius 3 is 1.83 bits per heavy atom. The second kappa shape index (κ2) is 10.6. The number of rotatable bonds is 9. The summed E-state index contributed by atoms with van der Waals surface area (Å²) in [5, 5.41) is 0. The highest BCUT2D eigenvalue weighted by Gasteiger charge is 2.44. The van der Waals surface area contributed by atoms with Crippen LogP contribution in [0.4, 0.5) is 0 Å². The number of hydrogen-bond donors (Lipinski definition) is 0. The van der Waals surface area contributed by atoms with E-state index in [1.165, 1.54) is 11.1 Å². The monoisotopic (exact) mass is 472 g/mol. The third kappa shape index (κ3) is 5.20. The van der Waals surface area contributed by atoms with E-state index < -0.39 is 11.3 Å². The zero-order valence-electron chi connectivity index (χ0n) is 21.6. The minimum absolute atomic E-state index is 0.00786. The molecule has 186 valence electrons. The number of carbonyl (C=O) groups is 3. The second-order valence-electron chi connectivity index (χ2n) is 11.5. The lowest BCUT2D eigenvalue weighted by Crippen LogP contribution is -2.38. The topological polar surface area (TPSA) is 51.2 Å². The summed E-state index contributed by atoms with van der Waals surface area (Å²) in [4.78, 5) is 39.3. The predicted octanol–water partition coefficient (Wildman–Crippen LogP) is 7.11. The van der Waals surface area contributed by atoms with E-state index in [0.717, 1.165) is 38.5 Å². The minimum atomic E-state index is -0.644. The first kappa shape index (κ1) is 25.5. The summed E-state index contributed by atoms with van der Waals surface area (Å²) in [6.07, 6.45) is 7.52. The summed E-state index contributed by atoms with van der Waals surface area (Å²) in [6, 6.07) is 21.6. The van der Waals surface area contributed by atoms with Gasteiger partial charge in [0.15, 0.2) is 0 Å². The molecule has 0 saturated heterocycles. The normalized spacial score (nSPS) is 22.6. The summed E-state index contributed by atoms with van der Waals surface area (Å²) in [6.45, 7) is 5.62. The van der Waals surface area contributed by atoms with Gasteiger partial charge in [0.25, 0.3) is 0 Å². The molecule has 0 amide bonds. The molecule has 0 aromatic heterocycles. The second-order valence-corrected chi connectivity index (χ2v) is 11.5. The highest BCUT2D eigenvalue weighted by atomic mass is 16.2. The summed E-state index contributed by atoms with van der Waals surface area (Å²) >= 11 is 0. The molecule has 3 heteroatoms. The molecule has 35 heavy (non-hydrogen) atoms. The molecule has 2 aliphatic rings. The van der Waals surface area contributed by atoms with Gasteiger partial charge < -0.3 is 0 Å². The zero-order valence-corrected chi connectivity index (χ0v) is 21.6. The first-order valence-electron chi connectivity index (χ1n) is 13.5. The van der Waals surface area contributed by atoms with E-state index in [1.807, 2.05) is 20.8 Å². The number of ketones is 3. The molecule has 4 rings (SSSR count). The maximum atomic E-state index is 13.4. The van der Waals surface area contributed by atoms with Gasteiger partial charge in [-0.2, -0.15) is 0 Å². The minimum Gasteiger partial charge on any atom is -0.299 e. The van der Waals surface area contributed by atoms with Crippen molar-refractivity contribution in [1.29, 1.82) is 0 Å². The largest absolute Gasteiger partial charge is 0.299 e. The zero-order chi connectivity index (χ0) is 25.1. The van der Waals surface area contributed by atoms with Gasteiger partial charge in [-0.25, -0.2) is 0 Å². The van der Waals surface area contributed by atoms with E-state index in [0.29, 0.717) is 25.2 Å². The Morgan fingerprint density at radius 1 is 0.800 bits per heavy atom. The van der Waals surface area contributed by atoms with Gasteiger partial charge in [-0.3, -0.25) is 14.4 Å². The quantitative estimate of drug-likeness (QED) is 0.365. The van der Waals surface area contributed by atoms with Crippen molar-refractivity contribution in [3.63, 3.8) is 0 Å². The summed E-state index contributed by atoms with van der Waals surface area (Å²) in [5.74, 6) is -0.713. The van der Waals surface area contributed by atoms with Gasteiger partial charge in [0.2, 0.25) is 11.6 Å². The molecule has 0 N–H and O–H groups in total. The first-order chi connectivity index (χ1) is 16.8. The van der Waals surface area contributed by atoms with Crippen LogP contribution in [0.25, 0.3) is 0 Å². The van der Waals surface area contributed by atoms with E-state index >= 15 is 0 Å². The molecule has 2 unspecified atom stereocenters. The van der Waals surface area contributed by atoms with Crippen molar-refractivity contribution in [2.45, 2.75) is 84.0 Å². The van der Waals surface area contributed by atoms with Crippen molar-refractivity contribution in [3.8, 4) is 0 Å². The number of carbonyl (C=O) groups excluding carboxylic acids is 3. The molecule has 2 aromatic carbocycles. The summed E-state index contributed by atoms with van der Waals surface area (Å²) in [5.41, 5.74) is 2.06. The molecule has 2 fully saturated rings. The van der Waals surface area contributed by atoms with Crippen molar-refractivity contribution in [2.75, 3.05) is 0 Å². The Kier molecular flexibility index (Phi) is 7.73. The maximum absolute atomic E-state index is 13.4. The predicted molar refractivity (Wildman–Crippen MR) is 140 cm³/mol. The van der Waals surface area contributed by atoms with Crippen LogP contribution in [0.1, 0.15) is 89.7 Å². The molecule has 3 nitrogen and oxygen atoms in total. The molecule has 0 heterocycles. The highest BCUT2D eigenvalue weighted by molar-refractivity contribution is 6.40. The van der Waals surface area contributed by atoms with Gasteiger partial charge in [0, 0.05) is 29.1 Å². The van der Waals surface area contributed by atoms with Crippen molar-refractivity contribution in [2.24, 2.45) is 23.2 Å². The highest BCUT2D eigenvalue weighted by Crippen LogP contribution is 2.48. The Balaban J connectivity index is 1.44. The molecular weight excluding hydrogens is 432 g/mol. The number of benzene rings is 2. The SMILES string of the molecule is CCC(C)(C)C(=O)C(=O)C1CCCC1C(=O)CC1CCC(c2ccccc2)(c2ccccc2)CC1. The van der Waals surface area contributed by atoms with Gasteiger partial charge in [-0.1, -0.05) is 87.9 Å². The Bertz CT molecular complexity index is 987. The Hall–Kier alpha value is -2.55. The fourth-order valence-corrected chi connectivity index (χ4v) is 6.39. The van der Waals surface area contributed by atoms with Crippen LogP contribution in [0.3, 0.4) is 0 Å². The van der Waals surface area contributed by atoms with E-state index in [1.54, 1.807) is 0 Å². The van der Waals surface area contributed by atoms with E-state index in [4.69, 9.17) is 0 Å². The molecule has 2 aliphatic carbocycles. The van der Waals surface area contributed by atoms with Crippen LogP contribution in [0, 0.1) is 23.2 Å². The van der Waals surface area contributed by atoms with Gasteiger partial charge in [-0.15, -0.1) is 0 Å². The molecule has 0 radical (unpaired) electrons. The molecule has 2 aromatic rings. The fourth-order valence-electron chi connectivity index (χ4n) is 6.39. The summed E-state index contributed by atoms with van der Waals surface area (Å²) < 4.78 is 0. The van der Waals surface area contributed by atoms with Crippen LogP contribution in [0.15, 0.2) is 60.7 Å². The van der Waals surface area contributed by atoms with Crippen LogP contribution < -0.4 is 0 Å². The lowest BCUT2D eigenvalue weighted by Gasteiger charge is -2.41. The van der Waals surface area contributed by atoms with Crippen LogP contribution in [-0.2, 0) is 19.8 Å². The molecule has 0 aliphatic heterocycles. The molecule has 2 atom stereocenters. The maximum Gasteiger partial charge on any atom is 0.204 e. The van der Waals surface area contributed by atoms with E-state index in [2.05, 4.69) is 60.7 Å². The number of hydrogen-bond acceptors (Lipinski definition) is 3. The molecule has 0 bridgehead atoms. The summed E-state index contributed by atoms with van der Waals surface area (Å²) in [7, 11) is 0. The number of Topliss-reactive ketones (excluding diaryl/α,β-unsaturated/α-hetero) is 3. The van der Waals surface area contributed by atoms with Crippen molar-refractivity contribution in [1.82, 2.24) is 0 Å². The third-order valence-corrected chi connectivity index (χ3v) is 9.09. The molecular formula is C32H40O3. The Labute approximate surface area is 210 Å². The smallest absolute Gasteiger partial charge is 0.204 e. The van der Waals surface area contributed by atoms with Crippen LogP contribution >= 0.6 is 0 Å². The van der Waals surface area contributed by atoms with Gasteiger partial charge in [0.1, 0.15) is 5.78 Å². The lowest BCUT2D eigenvalue weighted by atomic mass is 9.62. The fraction of sp³-hybridized carbons (Fsp3) is 0.531. The van der Waals surface area contributed by atoms with Crippen molar-refractivity contribution >= 4 is 17.3 Å².